The van der Waals surface area contributed by atoms with E-state index < -0.39 is 5.97 Å². The summed E-state index contributed by atoms with van der Waals surface area (Å²) in [5.74, 6) is -1.01. The Bertz CT molecular complexity index is 432. The Balaban J connectivity index is 2.48. The van der Waals surface area contributed by atoms with Gasteiger partial charge in [0.25, 0.3) is 0 Å². The molecule has 1 amide bonds. The second-order valence-electron chi connectivity index (χ2n) is 3.75. The fourth-order valence-electron chi connectivity index (χ4n) is 1.38. The number of hydrogen-bond acceptors (Lipinski definition) is 2. The summed E-state index contributed by atoms with van der Waals surface area (Å²) >= 11 is 2.21. The molecule has 17 heavy (non-hydrogen) atoms. The molecule has 92 valence electrons. The molecule has 0 saturated carbocycles. The van der Waals surface area contributed by atoms with Gasteiger partial charge in [-0.2, -0.15) is 0 Å². The maximum atomic E-state index is 11.5. The van der Waals surface area contributed by atoms with E-state index >= 15 is 0 Å². The molecule has 2 N–H and O–H groups in total. The highest BCUT2D eigenvalue weighted by atomic mass is 127. The molecule has 0 aliphatic heterocycles. The van der Waals surface area contributed by atoms with Crippen LogP contribution in [0.4, 0.5) is 5.69 Å². The molecule has 0 spiro atoms. The van der Waals surface area contributed by atoms with Crippen molar-refractivity contribution in [3.05, 3.63) is 27.3 Å². The third kappa shape index (κ3) is 5.16. The quantitative estimate of drug-likeness (QED) is 0.805. The van der Waals surface area contributed by atoms with Crippen LogP contribution in [0.5, 0.6) is 0 Å². The van der Waals surface area contributed by atoms with Gasteiger partial charge in [-0.3, -0.25) is 9.59 Å². The van der Waals surface area contributed by atoms with E-state index in [1.165, 1.54) is 0 Å². The fourth-order valence-corrected chi connectivity index (χ4v) is 2.03. The topological polar surface area (TPSA) is 66.4 Å². The van der Waals surface area contributed by atoms with Crippen LogP contribution in [0.2, 0.25) is 0 Å². The first kappa shape index (κ1) is 14.0. The highest BCUT2D eigenvalue weighted by Gasteiger charge is 2.06. The third-order valence-electron chi connectivity index (χ3n) is 2.26. The molecule has 0 fully saturated rings. The van der Waals surface area contributed by atoms with E-state index in [1.54, 1.807) is 0 Å². The number of anilines is 1. The summed E-state index contributed by atoms with van der Waals surface area (Å²) in [5, 5.41) is 11.2. The lowest BCUT2D eigenvalue weighted by Crippen LogP contribution is -2.12. The van der Waals surface area contributed by atoms with Crippen molar-refractivity contribution in [2.24, 2.45) is 0 Å². The molecule has 1 rings (SSSR count). The summed E-state index contributed by atoms with van der Waals surface area (Å²) in [5.41, 5.74) is 1.79. The molecule has 1 aromatic rings. The Morgan fingerprint density at radius 2 is 2.06 bits per heavy atom. The van der Waals surface area contributed by atoms with Gasteiger partial charge in [-0.05, 0) is 59.7 Å². The number of benzene rings is 1. The smallest absolute Gasteiger partial charge is 0.303 e. The number of halogens is 1. The normalized spacial score (nSPS) is 10.0. The van der Waals surface area contributed by atoms with E-state index in [0.29, 0.717) is 6.42 Å². The molecule has 4 nitrogen and oxygen atoms in total. The van der Waals surface area contributed by atoms with Gasteiger partial charge in [0.1, 0.15) is 0 Å². The van der Waals surface area contributed by atoms with Crippen molar-refractivity contribution in [2.45, 2.75) is 26.2 Å². The number of hydrogen-bond donors (Lipinski definition) is 2. The van der Waals surface area contributed by atoms with Crippen LogP contribution in [-0.4, -0.2) is 17.0 Å². The predicted octanol–water partition coefficient (Wildman–Crippen LogP) is 2.79. The van der Waals surface area contributed by atoms with E-state index in [2.05, 4.69) is 27.9 Å². The number of carboxylic acids is 1. The Morgan fingerprint density at radius 3 is 2.65 bits per heavy atom. The summed E-state index contributed by atoms with van der Waals surface area (Å²) < 4.78 is 1.11. The lowest BCUT2D eigenvalue weighted by Gasteiger charge is -2.08. The number of amides is 1. The van der Waals surface area contributed by atoms with Crippen molar-refractivity contribution >= 4 is 40.2 Å². The number of aliphatic carboxylic acids is 1. The number of aryl methyl sites for hydroxylation is 1. The second kappa shape index (κ2) is 6.58. The zero-order chi connectivity index (χ0) is 12.8. The highest BCUT2D eigenvalue weighted by molar-refractivity contribution is 14.1. The molecule has 0 bridgehead atoms. The Hall–Kier alpha value is -1.11. The fraction of sp³-hybridized carbons (Fsp3) is 0.333. The van der Waals surface area contributed by atoms with Crippen molar-refractivity contribution in [3.63, 3.8) is 0 Å². The Labute approximate surface area is 114 Å². The van der Waals surface area contributed by atoms with Gasteiger partial charge in [-0.15, -0.1) is 0 Å². The second-order valence-corrected chi connectivity index (χ2v) is 5.00. The van der Waals surface area contributed by atoms with Gasteiger partial charge >= 0.3 is 5.97 Å². The summed E-state index contributed by atoms with van der Waals surface area (Å²) in [7, 11) is 0. The standard InChI is InChI=1S/C12H14INO3/c1-8-7-9(13)5-6-10(8)14-11(15)3-2-4-12(16)17/h5-7H,2-4H2,1H3,(H,14,15)(H,16,17). The van der Waals surface area contributed by atoms with Crippen LogP contribution in [0, 0.1) is 10.5 Å². The number of carboxylic acid groups (broad SMARTS) is 1. The lowest BCUT2D eigenvalue weighted by atomic mass is 10.2. The van der Waals surface area contributed by atoms with Crippen molar-refractivity contribution in [2.75, 3.05) is 5.32 Å². The molecular weight excluding hydrogens is 333 g/mol. The molecular formula is C12H14INO3. The van der Waals surface area contributed by atoms with Crippen LogP contribution >= 0.6 is 22.6 Å². The van der Waals surface area contributed by atoms with Crippen molar-refractivity contribution in [3.8, 4) is 0 Å². The van der Waals surface area contributed by atoms with Gasteiger partial charge in [-0.25, -0.2) is 0 Å². The number of carbonyl (C=O) groups excluding carboxylic acids is 1. The van der Waals surface area contributed by atoms with Crippen LogP contribution in [0.25, 0.3) is 0 Å². The van der Waals surface area contributed by atoms with Gasteiger partial charge in [0.05, 0.1) is 0 Å². The summed E-state index contributed by atoms with van der Waals surface area (Å²) in [6.45, 7) is 1.93. The number of carbonyl (C=O) groups is 2. The van der Waals surface area contributed by atoms with Crippen molar-refractivity contribution in [1.82, 2.24) is 0 Å². The van der Waals surface area contributed by atoms with Crippen LogP contribution < -0.4 is 5.32 Å². The Kier molecular flexibility index (Phi) is 5.40. The summed E-state index contributed by atoms with van der Waals surface area (Å²) in [4.78, 5) is 21.8. The van der Waals surface area contributed by atoms with Gasteiger partial charge in [0.15, 0.2) is 0 Å². The van der Waals surface area contributed by atoms with Crippen molar-refractivity contribution < 1.29 is 14.7 Å². The van der Waals surface area contributed by atoms with Gasteiger partial charge in [0.2, 0.25) is 5.91 Å². The minimum absolute atomic E-state index is 0.0269. The maximum Gasteiger partial charge on any atom is 0.303 e. The lowest BCUT2D eigenvalue weighted by molar-refractivity contribution is -0.137. The molecule has 0 saturated heterocycles. The third-order valence-corrected chi connectivity index (χ3v) is 2.93. The molecule has 0 atom stereocenters. The van der Waals surface area contributed by atoms with E-state index in [9.17, 15) is 9.59 Å². The molecule has 0 radical (unpaired) electrons. The van der Waals surface area contributed by atoms with E-state index in [4.69, 9.17) is 5.11 Å². The van der Waals surface area contributed by atoms with Crippen LogP contribution in [-0.2, 0) is 9.59 Å². The van der Waals surface area contributed by atoms with E-state index in [-0.39, 0.29) is 18.7 Å². The minimum Gasteiger partial charge on any atom is -0.481 e. The predicted molar refractivity (Wildman–Crippen MR) is 74.0 cm³/mol. The number of nitrogens with one attached hydrogen (secondary N) is 1. The highest BCUT2D eigenvalue weighted by Crippen LogP contribution is 2.18. The Morgan fingerprint density at radius 1 is 1.35 bits per heavy atom. The largest absolute Gasteiger partial charge is 0.481 e. The first-order chi connectivity index (χ1) is 7.99. The molecule has 1 aromatic carbocycles. The zero-order valence-corrected chi connectivity index (χ0v) is 11.7. The monoisotopic (exact) mass is 347 g/mol. The van der Waals surface area contributed by atoms with Crippen LogP contribution in [0.1, 0.15) is 24.8 Å². The first-order valence-corrected chi connectivity index (χ1v) is 6.34. The molecule has 0 unspecified atom stereocenters. The average Bonchev–Trinajstić information content (AvgIpc) is 2.21. The van der Waals surface area contributed by atoms with Crippen LogP contribution in [0.3, 0.4) is 0 Å². The van der Waals surface area contributed by atoms with E-state index in [0.717, 1.165) is 14.8 Å². The molecule has 0 heterocycles. The minimum atomic E-state index is -0.872. The van der Waals surface area contributed by atoms with Crippen LogP contribution in [0.15, 0.2) is 18.2 Å². The summed E-state index contributed by atoms with van der Waals surface area (Å²) in [6, 6.07) is 5.75. The average molecular weight is 347 g/mol. The molecule has 5 heteroatoms. The van der Waals surface area contributed by atoms with E-state index in [1.807, 2.05) is 25.1 Å². The van der Waals surface area contributed by atoms with Gasteiger partial charge in [0, 0.05) is 22.1 Å². The first-order valence-electron chi connectivity index (χ1n) is 5.27. The van der Waals surface area contributed by atoms with Gasteiger partial charge in [-0.1, -0.05) is 0 Å². The zero-order valence-electron chi connectivity index (χ0n) is 9.50. The maximum absolute atomic E-state index is 11.5. The summed E-state index contributed by atoms with van der Waals surface area (Å²) in [6.07, 6.45) is 0.626. The number of rotatable bonds is 5. The molecule has 0 aliphatic rings. The molecule has 0 aromatic heterocycles. The van der Waals surface area contributed by atoms with Crippen molar-refractivity contribution in [1.29, 1.82) is 0 Å². The van der Waals surface area contributed by atoms with Gasteiger partial charge < -0.3 is 10.4 Å². The molecule has 0 aliphatic carbocycles. The SMILES string of the molecule is Cc1cc(I)ccc1NC(=O)CCCC(=O)O.